The summed E-state index contributed by atoms with van der Waals surface area (Å²) in [5.74, 6) is 0.899. The van der Waals surface area contributed by atoms with Crippen LogP contribution in [0.1, 0.15) is 51.9 Å². The average Bonchev–Trinajstić information content (AvgIpc) is 2.54. The summed E-state index contributed by atoms with van der Waals surface area (Å²) in [5, 5.41) is 7.96. The van der Waals surface area contributed by atoms with Gasteiger partial charge in [-0.15, -0.1) is 0 Å². The Labute approximate surface area is 80.8 Å². The molecule has 0 aromatic heterocycles. The average molecular weight is 180 g/mol. The molecule has 1 heterocycles. The fourth-order valence-corrected chi connectivity index (χ4v) is 2.83. The van der Waals surface area contributed by atoms with Crippen molar-refractivity contribution in [3.8, 4) is 0 Å². The third-order valence-corrected chi connectivity index (χ3v) is 3.70. The molecule has 0 aromatic rings. The van der Waals surface area contributed by atoms with Gasteiger partial charge in [0.15, 0.2) is 0 Å². The molecule has 1 saturated carbocycles. The fourth-order valence-electron chi connectivity index (χ4n) is 2.83. The smallest absolute Gasteiger partial charge is 0.0962 e. The minimum atomic E-state index is 0.345. The van der Waals surface area contributed by atoms with E-state index < -0.39 is 0 Å². The first-order chi connectivity index (χ1) is 6.22. The van der Waals surface area contributed by atoms with Gasteiger partial charge in [0.2, 0.25) is 0 Å². The maximum atomic E-state index is 7.96. The lowest BCUT2D eigenvalue weighted by Gasteiger charge is -2.43. The molecule has 1 aliphatic heterocycles. The number of amidine groups is 1. The number of nitrogens with zero attached hydrogens (tertiary/aromatic N) is 1. The Morgan fingerprint density at radius 2 is 1.85 bits per heavy atom. The fraction of sp³-hybridized carbons (Fsp3) is 0.909. The van der Waals surface area contributed by atoms with Crippen LogP contribution in [0.15, 0.2) is 0 Å². The second-order valence-corrected chi connectivity index (χ2v) is 4.76. The van der Waals surface area contributed by atoms with Crippen molar-refractivity contribution in [1.82, 2.24) is 4.90 Å². The minimum Gasteiger partial charge on any atom is -0.355 e. The van der Waals surface area contributed by atoms with Crippen molar-refractivity contribution in [2.24, 2.45) is 0 Å². The molecule has 74 valence electrons. The van der Waals surface area contributed by atoms with Crippen LogP contribution in [0.25, 0.3) is 0 Å². The second kappa shape index (κ2) is 3.32. The molecule has 0 unspecified atom stereocenters. The number of hydrogen-bond acceptors (Lipinski definition) is 1. The first kappa shape index (κ1) is 9.04. The van der Waals surface area contributed by atoms with Gasteiger partial charge in [-0.3, -0.25) is 5.41 Å². The zero-order valence-electron chi connectivity index (χ0n) is 8.60. The van der Waals surface area contributed by atoms with Gasteiger partial charge in [-0.05, 0) is 32.6 Å². The van der Waals surface area contributed by atoms with Crippen LogP contribution in [-0.4, -0.2) is 22.8 Å². The molecular formula is C11H20N2. The molecule has 2 nitrogen and oxygen atoms in total. The van der Waals surface area contributed by atoms with E-state index in [1.165, 1.54) is 38.5 Å². The number of nitrogens with one attached hydrogen (secondary N) is 1. The number of rotatable bonds is 1. The lowest BCUT2D eigenvalue weighted by Crippen LogP contribution is -2.49. The highest BCUT2D eigenvalue weighted by Gasteiger charge is 2.36. The molecule has 2 rings (SSSR count). The Morgan fingerprint density at radius 1 is 1.15 bits per heavy atom. The third kappa shape index (κ3) is 1.59. The van der Waals surface area contributed by atoms with E-state index in [9.17, 15) is 0 Å². The van der Waals surface area contributed by atoms with Gasteiger partial charge in [0.25, 0.3) is 0 Å². The van der Waals surface area contributed by atoms with Crippen LogP contribution in [0.3, 0.4) is 0 Å². The van der Waals surface area contributed by atoms with Gasteiger partial charge in [-0.2, -0.15) is 0 Å². The minimum absolute atomic E-state index is 0.345. The van der Waals surface area contributed by atoms with Crippen LogP contribution < -0.4 is 0 Å². The molecule has 1 N–H and O–H groups in total. The van der Waals surface area contributed by atoms with Gasteiger partial charge in [0.1, 0.15) is 0 Å². The van der Waals surface area contributed by atoms with Gasteiger partial charge in [-0.25, -0.2) is 0 Å². The second-order valence-electron chi connectivity index (χ2n) is 4.76. The number of hydrogen-bond donors (Lipinski definition) is 1. The first-order valence-electron chi connectivity index (χ1n) is 5.57. The maximum absolute atomic E-state index is 7.96. The molecule has 0 amide bonds. The standard InChI is InChI=1S/C11H20N2/c1-11(7-3-4-8-11)13-9-5-2-6-10(13)12/h12H,2-9H2,1H3. The molecule has 2 aliphatic rings. The molecule has 0 spiro atoms. The topological polar surface area (TPSA) is 27.1 Å². The highest BCUT2D eigenvalue weighted by atomic mass is 15.2. The van der Waals surface area contributed by atoms with Gasteiger partial charge in [0, 0.05) is 18.5 Å². The summed E-state index contributed by atoms with van der Waals surface area (Å²) in [6.45, 7) is 3.48. The van der Waals surface area contributed by atoms with Crippen LogP contribution in [0, 0.1) is 5.41 Å². The summed E-state index contributed by atoms with van der Waals surface area (Å²) in [7, 11) is 0. The van der Waals surface area contributed by atoms with Crippen molar-refractivity contribution in [2.75, 3.05) is 6.54 Å². The highest BCUT2D eigenvalue weighted by molar-refractivity contribution is 5.80. The summed E-state index contributed by atoms with van der Waals surface area (Å²) in [4.78, 5) is 2.38. The first-order valence-corrected chi connectivity index (χ1v) is 5.57. The van der Waals surface area contributed by atoms with Gasteiger partial charge < -0.3 is 4.90 Å². The van der Waals surface area contributed by atoms with Crippen molar-refractivity contribution >= 4 is 5.84 Å². The van der Waals surface area contributed by atoms with E-state index in [2.05, 4.69) is 11.8 Å². The zero-order valence-corrected chi connectivity index (χ0v) is 8.60. The van der Waals surface area contributed by atoms with E-state index in [0.29, 0.717) is 5.54 Å². The Bertz CT molecular complexity index is 204. The monoisotopic (exact) mass is 180 g/mol. The van der Waals surface area contributed by atoms with E-state index in [4.69, 9.17) is 5.41 Å². The Balaban J connectivity index is 2.08. The van der Waals surface area contributed by atoms with E-state index in [1.807, 2.05) is 0 Å². The van der Waals surface area contributed by atoms with E-state index in [0.717, 1.165) is 18.8 Å². The summed E-state index contributed by atoms with van der Waals surface area (Å²) >= 11 is 0. The molecule has 0 aromatic carbocycles. The number of piperidine rings is 1. The molecule has 0 atom stereocenters. The molecule has 13 heavy (non-hydrogen) atoms. The molecule has 0 radical (unpaired) electrons. The van der Waals surface area contributed by atoms with Crippen molar-refractivity contribution in [3.63, 3.8) is 0 Å². The van der Waals surface area contributed by atoms with Crippen molar-refractivity contribution in [1.29, 1.82) is 5.41 Å². The van der Waals surface area contributed by atoms with Crippen LogP contribution in [0.5, 0.6) is 0 Å². The predicted molar refractivity (Wildman–Crippen MR) is 55.2 cm³/mol. The van der Waals surface area contributed by atoms with E-state index >= 15 is 0 Å². The lowest BCUT2D eigenvalue weighted by molar-refractivity contribution is 0.179. The SMILES string of the molecule is CC1(N2CCCCC2=N)CCCC1. The molecule has 1 saturated heterocycles. The van der Waals surface area contributed by atoms with Gasteiger partial charge >= 0.3 is 0 Å². The molecular weight excluding hydrogens is 160 g/mol. The Kier molecular flexibility index (Phi) is 2.31. The zero-order chi connectivity index (χ0) is 9.31. The normalized spacial score (nSPS) is 28.1. The summed E-state index contributed by atoms with van der Waals surface area (Å²) < 4.78 is 0. The van der Waals surface area contributed by atoms with Gasteiger partial charge in [0.05, 0.1) is 5.84 Å². The van der Waals surface area contributed by atoms with Crippen molar-refractivity contribution in [2.45, 2.75) is 57.4 Å². The van der Waals surface area contributed by atoms with Crippen LogP contribution in [0.4, 0.5) is 0 Å². The van der Waals surface area contributed by atoms with Gasteiger partial charge in [-0.1, -0.05) is 12.8 Å². The summed E-state index contributed by atoms with van der Waals surface area (Å²) in [5.41, 5.74) is 0.345. The van der Waals surface area contributed by atoms with E-state index in [-0.39, 0.29) is 0 Å². The van der Waals surface area contributed by atoms with Crippen molar-refractivity contribution in [3.05, 3.63) is 0 Å². The third-order valence-electron chi connectivity index (χ3n) is 3.70. The molecule has 0 bridgehead atoms. The lowest BCUT2D eigenvalue weighted by atomic mass is 9.94. The van der Waals surface area contributed by atoms with Crippen molar-refractivity contribution < 1.29 is 0 Å². The maximum Gasteiger partial charge on any atom is 0.0962 e. The number of likely N-dealkylation sites (tertiary alicyclic amines) is 1. The van der Waals surface area contributed by atoms with Crippen LogP contribution in [0.2, 0.25) is 0 Å². The highest BCUT2D eigenvalue weighted by Crippen LogP contribution is 2.36. The Hall–Kier alpha value is -0.530. The molecule has 1 aliphatic carbocycles. The predicted octanol–water partition coefficient (Wildman–Crippen LogP) is 2.78. The molecule has 2 heteroatoms. The summed E-state index contributed by atoms with van der Waals surface area (Å²) in [6, 6.07) is 0. The summed E-state index contributed by atoms with van der Waals surface area (Å²) in [6.07, 6.45) is 8.85. The largest absolute Gasteiger partial charge is 0.355 e. The van der Waals surface area contributed by atoms with Crippen LogP contribution in [-0.2, 0) is 0 Å². The van der Waals surface area contributed by atoms with Crippen LogP contribution >= 0.6 is 0 Å². The van der Waals surface area contributed by atoms with E-state index in [1.54, 1.807) is 0 Å². The molecule has 2 fully saturated rings. The Morgan fingerprint density at radius 3 is 2.46 bits per heavy atom. The quantitative estimate of drug-likeness (QED) is 0.660.